The summed E-state index contributed by atoms with van der Waals surface area (Å²) < 4.78 is 17.9. The minimum Gasteiger partial charge on any atom is -0.491 e. The minimum absolute atomic E-state index is 0.179. The van der Waals surface area contributed by atoms with Crippen LogP contribution in [-0.4, -0.2) is 19.6 Å². The zero-order chi connectivity index (χ0) is 12.0. The maximum absolute atomic E-state index is 12.7. The van der Waals surface area contributed by atoms with Gasteiger partial charge in [-0.25, -0.2) is 9.82 Å². The van der Waals surface area contributed by atoms with Crippen molar-refractivity contribution in [2.45, 2.75) is 6.42 Å². The van der Waals surface area contributed by atoms with E-state index in [0.29, 0.717) is 5.75 Å². The Hall–Kier alpha value is -1.33. The summed E-state index contributed by atoms with van der Waals surface area (Å²) >= 11 is 5.73. The number of carbonyl (C=O) groups excluding carboxylic acids is 1. The fourth-order valence-corrected chi connectivity index (χ4v) is 1.27. The molecule has 0 saturated heterocycles. The first kappa shape index (κ1) is 12.7. The number of halogens is 2. The van der Waals surface area contributed by atoms with Gasteiger partial charge < -0.3 is 4.74 Å². The van der Waals surface area contributed by atoms with Crippen molar-refractivity contribution in [1.29, 1.82) is 0 Å². The lowest BCUT2D eigenvalue weighted by Gasteiger charge is -2.07. The third kappa shape index (κ3) is 4.04. The lowest BCUT2D eigenvalue weighted by molar-refractivity contribution is -0.122. The standard InChI is InChI=1S/C10H12ClFN2O2/c1-13-14-10(15)4-5-16-9-3-2-7(12)6-8(9)11/h2-3,6,13H,4-5H2,1H3,(H,14,15). The molecule has 0 radical (unpaired) electrons. The molecule has 1 aromatic carbocycles. The number of benzene rings is 1. The van der Waals surface area contributed by atoms with Crippen LogP contribution < -0.4 is 15.6 Å². The van der Waals surface area contributed by atoms with E-state index < -0.39 is 5.82 Å². The monoisotopic (exact) mass is 246 g/mol. The molecule has 16 heavy (non-hydrogen) atoms. The summed E-state index contributed by atoms with van der Waals surface area (Å²) in [7, 11) is 1.59. The number of amides is 1. The first-order valence-corrected chi connectivity index (χ1v) is 5.04. The van der Waals surface area contributed by atoms with E-state index in [1.165, 1.54) is 12.1 Å². The molecule has 0 atom stereocenters. The number of hydrazine groups is 1. The van der Waals surface area contributed by atoms with Gasteiger partial charge in [-0.2, -0.15) is 0 Å². The zero-order valence-corrected chi connectivity index (χ0v) is 9.47. The van der Waals surface area contributed by atoms with Crippen LogP contribution in [0.2, 0.25) is 5.02 Å². The van der Waals surface area contributed by atoms with Gasteiger partial charge in [0.25, 0.3) is 0 Å². The van der Waals surface area contributed by atoms with E-state index in [2.05, 4.69) is 10.9 Å². The number of hydrogen-bond donors (Lipinski definition) is 2. The number of nitrogens with one attached hydrogen (secondary N) is 2. The van der Waals surface area contributed by atoms with Crippen LogP contribution in [0.5, 0.6) is 5.75 Å². The third-order valence-corrected chi connectivity index (χ3v) is 2.04. The molecule has 0 aromatic heterocycles. The van der Waals surface area contributed by atoms with Crippen LogP contribution in [0.1, 0.15) is 6.42 Å². The SMILES string of the molecule is CNNC(=O)CCOc1ccc(F)cc1Cl. The van der Waals surface area contributed by atoms with Crippen molar-refractivity contribution in [2.24, 2.45) is 0 Å². The summed E-state index contributed by atoms with van der Waals surface area (Å²) in [5.41, 5.74) is 4.90. The van der Waals surface area contributed by atoms with Gasteiger partial charge in [-0.1, -0.05) is 11.6 Å². The number of hydrogen-bond acceptors (Lipinski definition) is 3. The van der Waals surface area contributed by atoms with E-state index >= 15 is 0 Å². The Kier molecular flexibility index (Phi) is 5.01. The number of ether oxygens (including phenoxy) is 1. The van der Waals surface area contributed by atoms with Crippen LogP contribution in [0.25, 0.3) is 0 Å². The normalized spacial score (nSPS) is 9.94. The summed E-state index contributed by atoms with van der Waals surface area (Å²) in [6, 6.07) is 3.83. The molecule has 1 amide bonds. The van der Waals surface area contributed by atoms with Gasteiger partial charge in [0, 0.05) is 7.05 Å². The molecule has 2 N–H and O–H groups in total. The summed E-state index contributed by atoms with van der Waals surface area (Å²) in [4.78, 5) is 11.0. The van der Waals surface area contributed by atoms with Gasteiger partial charge in [-0.05, 0) is 18.2 Å². The molecule has 0 aliphatic heterocycles. The first-order valence-electron chi connectivity index (χ1n) is 4.67. The molecule has 88 valence electrons. The Morgan fingerprint density at radius 2 is 2.31 bits per heavy atom. The average molecular weight is 247 g/mol. The molecule has 0 spiro atoms. The second kappa shape index (κ2) is 6.30. The lowest BCUT2D eigenvalue weighted by Crippen LogP contribution is -2.34. The van der Waals surface area contributed by atoms with Crippen molar-refractivity contribution in [3.63, 3.8) is 0 Å². The maximum atomic E-state index is 12.7. The third-order valence-electron chi connectivity index (χ3n) is 1.75. The van der Waals surface area contributed by atoms with Crippen LogP contribution in [0.4, 0.5) is 4.39 Å². The van der Waals surface area contributed by atoms with E-state index in [9.17, 15) is 9.18 Å². The van der Waals surface area contributed by atoms with E-state index in [1.54, 1.807) is 7.05 Å². The van der Waals surface area contributed by atoms with Crippen LogP contribution in [0, 0.1) is 5.82 Å². The quantitative estimate of drug-likeness (QED) is 0.774. The fraction of sp³-hybridized carbons (Fsp3) is 0.300. The van der Waals surface area contributed by atoms with Crippen LogP contribution in [-0.2, 0) is 4.79 Å². The highest BCUT2D eigenvalue weighted by Gasteiger charge is 2.04. The lowest BCUT2D eigenvalue weighted by atomic mass is 10.3. The summed E-state index contributed by atoms with van der Waals surface area (Å²) in [6.07, 6.45) is 0.189. The van der Waals surface area contributed by atoms with Crippen molar-refractivity contribution >= 4 is 17.5 Å². The fourth-order valence-electron chi connectivity index (χ4n) is 1.05. The van der Waals surface area contributed by atoms with Crippen molar-refractivity contribution < 1.29 is 13.9 Å². The molecule has 0 aliphatic rings. The molecule has 1 aromatic rings. The Balaban J connectivity index is 2.40. The van der Waals surface area contributed by atoms with E-state index in [1.807, 2.05) is 0 Å². The van der Waals surface area contributed by atoms with E-state index in [4.69, 9.17) is 16.3 Å². The summed E-state index contributed by atoms with van der Waals surface area (Å²) in [5.74, 6) is -0.258. The van der Waals surface area contributed by atoms with Gasteiger partial charge >= 0.3 is 0 Å². The van der Waals surface area contributed by atoms with Gasteiger partial charge in [0.1, 0.15) is 11.6 Å². The molecule has 0 unspecified atom stereocenters. The molecule has 0 fully saturated rings. The molecule has 1 rings (SSSR count). The molecule has 0 bridgehead atoms. The highest BCUT2D eigenvalue weighted by molar-refractivity contribution is 6.32. The second-order valence-electron chi connectivity index (χ2n) is 2.97. The molecular formula is C10H12ClFN2O2. The van der Waals surface area contributed by atoms with Crippen molar-refractivity contribution in [2.75, 3.05) is 13.7 Å². The van der Waals surface area contributed by atoms with Gasteiger partial charge in [0.2, 0.25) is 5.91 Å². The van der Waals surface area contributed by atoms with Crippen molar-refractivity contribution in [3.05, 3.63) is 29.0 Å². The van der Waals surface area contributed by atoms with Crippen molar-refractivity contribution in [1.82, 2.24) is 10.9 Å². The van der Waals surface area contributed by atoms with Gasteiger partial charge in [0.05, 0.1) is 18.1 Å². The average Bonchev–Trinajstić information content (AvgIpc) is 2.22. The first-order chi connectivity index (χ1) is 7.63. The Morgan fingerprint density at radius 1 is 1.56 bits per heavy atom. The van der Waals surface area contributed by atoms with Crippen LogP contribution in [0.15, 0.2) is 18.2 Å². The zero-order valence-electron chi connectivity index (χ0n) is 8.72. The van der Waals surface area contributed by atoms with Gasteiger partial charge in [0.15, 0.2) is 0 Å². The van der Waals surface area contributed by atoms with Crippen LogP contribution >= 0.6 is 11.6 Å². The highest BCUT2D eigenvalue weighted by Crippen LogP contribution is 2.24. The molecule has 0 saturated carbocycles. The largest absolute Gasteiger partial charge is 0.491 e. The summed E-state index contributed by atoms with van der Waals surface area (Å²) in [5, 5.41) is 0.189. The van der Waals surface area contributed by atoms with E-state index in [0.717, 1.165) is 6.07 Å². The number of rotatable bonds is 5. The minimum atomic E-state index is -0.426. The highest BCUT2D eigenvalue weighted by atomic mass is 35.5. The smallest absolute Gasteiger partial charge is 0.237 e. The predicted octanol–water partition coefficient (Wildman–Crippen LogP) is 1.50. The van der Waals surface area contributed by atoms with Gasteiger partial charge in [-0.15, -0.1) is 0 Å². The topological polar surface area (TPSA) is 50.4 Å². The molecule has 0 heterocycles. The number of carbonyl (C=O) groups is 1. The maximum Gasteiger partial charge on any atom is 0.237 e. The second-order valence-corrected chi connectivity index (χ2v) is 3.38. The van der Waals surface area contributed by atoms with Crippen molar-refractivity contribution in [3.8, 4) is 5.75 Å². The predicted molar refractivity (Wildman–Crippen MR) is 58.7 cm³/mol. The molecule has 0 aliphatic carbocycles. The summed E-state index contributed by atoms with van der Waals surface area (Å²) in [6.45, 7) is 0.179. The van der Waals surface area contributed by atoms with Gasteiger partial charge in [-0.3, -0.25) is 10.2 Å². The Morgan fingerprint density at radius 3 is 2.94 bits per heavy atom. The molecule has 4 nitrogen and oxygen atoms in total. The van der Waals surface area contributed by atoms with Crippen LogP contribution in [0.3, 0.4) is 0 Å². The Bertz CT molecular complexity index is 374. The molecule has 6 heteroatoms. The molecular weight excluding hydrogens is 235 g/mol. The Labute approximate surface area is 97.7 Å². The van der Waals surface area contributed by atoms with E-state index in [-0.39, 0.29) is 24.0 Å².